The van der Waals surface area contributed by atoms with E-state index in [1.807, 2.05) is 26.1 Å². The second-order valence-electron chi connectivity index (χ2n) is 6.68. The molecule has 0 saturated heterocycles. The number of aryl methyl sites for hydroxylation is 2. The summed E-state index contributed by atoms with van der Waals surface area (Å²) in [7, 11) is 3.65. The number of fused-ring (bicyclic) bond motifs is 2. The Morgan fingerprint density at radius 1 is 1.28 bits per heavy atom. The number of aliphatic imine (C=N–C) groups is 1. The van der Waals surface area contributed by atoms with Gasteiger partial charge in [-0.1, -0.05) is 0 Å². The second kappa shape index (κ2) is 7.57. The fourth-order valence-corrected chi connectivity index (χ4v) is 3.26. The van der Waals surface area contributed by atoms with Crippen molar-refractivity contribution in [2.75, 3.05) is 44.0 Å². The van der Waals surface area contributed by atoms with E-state index in [0.29, 0.717) is 29.6 Å². The molecule has 2 aliphatic rings. The van der Waals surface area contributed by atoms with E-state index in [1.165, 1.54) is 0 Å². The van der Waals surface area contributed by atoms with Crippen molar-refractivity contribution < 1.29 is 4.74 Å². The van der Waals surface area contributed by atoms with E-state index in [1.54, 1.807) is 7.11 Å². The first-order valence-electron chi connectivity index (χ1n) is 8.62. The maximum atomic E-state index is 12.6. The molecule has 1 aromatic carbocycles. The van der Waals surface area contributed by atoms with Gasteiger partial charge >= 0.3 is 0 Å². The Hall–Kier alpha value is -1.87. The minimum atomic E-state index is 0.0358. The third-order valence-corrected chi connectivity index (χ3v) is 4.73. The molecule has 0 fully saturated rings. The molecule has 1 aliphatic carbocycles. The zero-order valence-corrected chi connectivity index (χ0v) is 15.0. The van der Waals surface area contributed by atoms with Gasteiger partial charge in [0.15, 0.2) is 0 Å². The van der Waals surface area contributed by atoms with E-state index in [4.69, 9.17) is 4.74 Å². The van der Waals surface area contributed by atoms with Gasteiger partial charge in [0.05, 0.1) is 24.0 Å². The summed E-state index contributed by atoms with van der Waals surface area (Å²) in [5.74, 6) is 0.0358. The predicted octanol–water partition coefficient (Wildman–Crippen LogP) is 1.62. The summed E-state index contributed by atoms with van der Waals surface area (Å²) in [5, 5.41) is 26.2. The molecule has 1 aromatic rings. The fraction of sp³-hybridized carbons (Fsp3) is 0.588. The van der Waals surface area contributed by atoms with Crippen LogP contribution in [0, 0.1) is 10.4 Å². The van der Waals surface area contributed by atoms with E-state index in [0.717, 1.165) is 42.0 Å². The van der Waals surface area contributed by atoms with Crippen LogP contribution < -0.4 is 15.7 Å². The molecule has 0 bridgehead atoms. The van der Waals surface area contributed by atoms with Gasteiger partial charge in [-0.2, -0.15) is 0 Å². The van der Waals surface area contributed by atoms with Gasteiger partial charge in [0.25, 0.3) is 0 Å². The number of ether oxygens (including phenoxy) is 1. The van der Waals surface area contributed by atoms with Crippen LogP contribution >= 0.6 is 0 Å². The number of hydrazine groups is 1. The first-order valence-corrected chi connectivity index (χ1v) is 8.62. The largest absolute Gasteiger partial charge is 0.752 e. The Balaban J connectivity index is 1.68. The van der Waals surface area contributed by atoms with Crippen LogP contribution in [0.15, 0.2) is 17.1 Å². The van der Waals surface area contributed by atoms with Crippen molar-refractivity contribution in [1.82, 2.24) is 10.3 Å². The molecule has 1 unspecified atom stereocenters. The first-order chi connectivity index (χ1) is 12.0. The van der Waals surface area contributed by atoms with Gasteiger partial charge in [0.2, 0.25) is 5.96 Å². The highest BCUT2D eigenvalue weighted by Gasteiger charge is 2.21. The quantitative estimate of drug-likeness (QED) is 0.836. The zero-order valence-electron chi connectivity index (χ0n) is 15.0. The average molecular weight is 347 g/mol. The highest BCUT2D eigenvalue weighted by atomic mass is 16.6. The average Bonchev–Trinajstić information content (AvgIpc) is 3.05. The van der Waals surface area contributed by atoms with Crippen LogP contribution in [0.5, 0.6) is 0 Å². The van der Waals surface area contributed by atoms with Crippen molar-refractivity contribution in [3.05, 3.63) is 33.7 Å². The summed E-state index contributed by atoms with van der Waals surface area (Å²) in [5.41, 5.74) is 5.58. The van der Waals surface area contributed by atoms with E-state index in [-0.39, 0.29) is 12.1 Å². The fourth-order valence-electron chi connectivity index (χ4n) is 3.26. The molecule has 8 nitrogen and oxygen atoms in total. The van der Waals surface area contributed by atoms with Crippen molar-refractivity contribution in [2.45, 2.75) is 32.3 Å². The first kappa shape index (κ1) is 17.9. The van der Waals surface area contributed by atoms with E-state index >= 15 is 0 Å². The van der Waals surface area contributed by atoms with E-state index in [2.05, 4.69) is 15.3 Å². The summed E-state index contributed by atoms with van der Waals surface area (Å²) in [6.07, 6.45) is 3.11. The van der Waals surface area contributed by atoms with E-state index in [9.17, 15) is 10.4 Å². The van der Waals surface area contributed by atoms with Gasteiger partial charge in [-0.15, -0.1) is 0 Å². The van der Waals surface area contributed by atoms with Crippen molar-refractivity contribution >= 4 is 17.3 Å². The number of nitrogens with zero attached hydrogens (tertiary/aromatic N) is 4. The summed E-state index contributed by atoms with van der Waals surface area (Å²) in [4.78, 5) is 6.35. The molecule has 3 rings (SSSR count). The molecule has 0 radical (unpaired) electrons. The number of nitrogens with one attached hydrogen (secondary N) is 1. The zero-order chi connectivity index (χ0) is 18.0. The summed E-state index contributed by atoms with van der Waals surface area (Å²) >= 11 is 0. The lowest BCUT2D eigenvalue weighted by Crippen LogP contribution is -2.51. The lowest BCUT2D eigenvalue weighted by atomic mass is 10.1. The standard InChI is InChI=1S/C17H25N5O3/c1-12(25-3)11-20(2)8-7-18-17-19-22(24)16-10-14-6-4-5-13(14)9-15(16)21(17)23/h9-10,12H,4-8,11H2,1-3H3,(H,18,19)/q-2. The van der Waals surface area contributed by atoms with Gasteiger partial charge in [0.1, 0.15) is 0 Å². The summed E-state index contributed by atoms with van der Waals surface area (Å²) in [6, 6.07) is 3.65. The highest BCUT2D eigenvalue weighted by Crippen LogP contribution is 2.37. The minimum absolute atomic E-state index is 0.0358. The van der Waals surface area contributed by atoms with Crippen molar-refractivity contribution in [2.24, 2.45) is 4.99 Å². The number of rotatable bonds is 6. The Labute approximate surface area is 148 Å². The number of hydrogen-bond donors (Lipinski definition) is 1. The molecule has 138 valence electrons. The SMILES string of the molecule is COC(C)CN(C)CCN=C1NN([O-])c2cc3c(cc2N1[O-])CCC3. The molecule has 1 atom stereocenters. The van der Waals surface area contributed by atoms with Crippen LogP contribution in [-0.4, -0.2) is 50.8 Å². The van der Waals surface area contributed by atoms with Crippen LogP contribution in [0.3, 0.4) is 0 Å². The molecule has 1 aliphatic heterocycles. The van der Waals surface area contributed by atoms with Gasteiger partial charge in [-0.25, -0.2) is 0 Å². The lowest BCUT2D eigenvalue weighted by molar-refractivity contribution is 0.0867. The Bertz CT molecular complexity index is 651. The van der Waals surface area contributed by atoms with Gasteiger partial charge in [-0.05, 0) is 56.5 Å². The number of methoxy groups -OCH3 is 1. The molecule has 1 N–H and O–H groups in total. The topological polar surface area (TPSA) is 89.5 Å². The van der Waals surface area contributed by atoms with E-state index < -0.39 is 0 Å². The maximum absolute atomic E-state index is 12.6. The minimum Gasteiger partial charge on any atom is -0.752 e. The molecule has 8 heteroatoms. The molecule has 25 heavy (non-hydrogen) atoms. The third kappa shape index (κ3) is 3.87. The molecule has 0 saturated carbocycles. The van der Waals surface area contributed by atoms with Crippen molar-refractivity contribution in [1.29, 1.82) is 0 Å². The molecule has 0 spiro atoms. The molecular weight excluding hydrogens is 322 g/mol. The molecule has 1 heterocycles. The number of hydrogen-bond acceptors (Lipinski definition) is 6. The monoisotopic (exact) mass is 347 g/mol. The molecular formula is C17H25N5O3-2. The maximum Gasteiger partial charge on any atom is 0.206 e. The second-order valence-corrected chi connectivity index (χ2v) is 6.68. The number of hydroxylamine groups is 1. The number of guanidine groups is 1. The van der Waals surface area contributed by atoms with Crippen LogP contribution in [-0.2, 0) is 17.6 Å². The van der Waals surface area contributed by atoms with Gasteiger partial charge < -0.3 is 30.3 Å². The van der Waals surface area contributed by atoms with Gasteiger partial charge in [0, 0.05) is 20.2 Å². The lowest BCUT2D eigenvalue weighted by Gasteiger charge is -2.46. The Morgan fingerprint density at radius 2 is 1.96 bits per heavy atom. The Kier molecular flexibility index (Phi) is 5.43. The van der Waals surface area contributed by atoms with Crippen molar-refractivity contribution in [3.8, 4) is 0 Å². The summed E-state index contributed by atoms with van der Waals surface area (Å²) in [6.45, 7) is 3.86. The number of likely N-dealkylation sites (N-methyl/N-ethyl adjacent to an activating group) is 1. The number of anilines is 2. The summed E-state index contributed by atoms with van der Waals surface area (Å²) < 4.78 is 5.23. The molecule has 0 amide bonds. The molecule has 0 aromatic heterocycles. The van der Waals surface area contributed by atoms with Crippen LogP contribution in [0.4, 0.5) is 11.4 Å². The Morgan fingerprint density at radius 3 is 2.64 bits per heavy atom. The number of benzene rings is 1. The highest BCUT2D eigenvalue weighted by molar-refractivity contribution is 6.04. The van der Waals surface area contributed by atoms with Crippen LogP contribution in [0.2, 0.25) is 0 Å². The van der Waals surface area contributed by atoms with Crippen LogP contribution in [0.25, 0.3) is 0 Å². The van der Waals surface area contributed by atoms with Crippen LogP contribution in [0.1, 0.15) is 24.5 Å². The predicted molar refractivity (Wildman–Crippen MR) is 99.6 cm³/mol. The van der Waals surface area contributed by atoms with Gasteiger partial charge in [-0.3, -0.25) is 10.4 Å². The third-order valence-electron chi connectivity index (χ3n) is 4.73. The smallest absolute Gasteiger partial charge is 0.206 e. The van der Waals surface area contributed by atoms with Crippen molar-refractivity contribution in [3.63, 3.8) is 0 Å². The normalized spacial score (nSPS) is 19.2.